The van der Waals surface area contributed by atoms with Crippen LogP contribution in [0.5, 0.6) is 0 Å². The average molecular weight is 255 g/mol. The highest BCUT2D eigenvalue weighted by atomic mass is 32.2. The number of hydrogen-bond donors (Lipinski definition) is 1. The predicted molar refractivity (Wildman–Crippen MR) is 73.8 cm³/mol. The predicted octanol–water partition coefficient (Wildman–Crippen LogP) is 4.07. The van der Waals surface area contributed by atoms with Gasteiger partial charge >= 0.3 is 0 Å². The molecule has 0 saturated heterocycles. The molecule has 0 heterocycles. The normalized spacial score (nSPS) is 13.0. The van der Waals surface area contributed by atoms with Gasteiger partial charge in [0.05, 0.1) is 0 Å². The number of rotatable bonds is 7. The van der Waals surface area contributed by atoms with Crippen molar-refractivity contribution in [2.45, 2.75) is 44.0 Å². The van der Waals surface area contributed by atoms with Crippen LogP contribution >= 0.6 is 11.8 Å². The molecule has 1 aromatic carbocycles. The lowest BCUT2D eigenvalue weighted by Gasteiger charge is -2.12. The minimum atomic E-state index is -0.185. The first-order valence-corrected chi connectivity index (χ1v) is 7.20. The van der Waals surface area contributed by atoms with Crippen LogP contribution < -0.4 is 5.73 Å². The molecule has 1 rings (SSSR count). The van der Waals surface area contributed by atoms with Crippen LogP contribution in [0.1, 0.15) is 33.1 Å². The Bertz CT molecular complexity index is 311. The molecule has 1 unspecified atom stereocenters. The van der Waals surface area contributed by atoms with Gasteiger partial charge in [0, 0.05) is 16.7 Å². The van der Waals surface area contributed by atoms with E-state index in [0.29, 0.717) is 0 Å². The number of thioether (sulfide) groups is 1. The van der Waals surface area contributed by atoms with Crippen molar-refractivity contribution < 1.29 is 4.39 Å². The molecule has 96 valence electrons. The maximum Gasteiger partial charge on any atom is 0.123 e. The minimum Gasteiger partial charge on any atom is -0.327 e. The summed E-state index contributed by atoms with van der Waals surface area (Å²) in [5.41, 5.74) is 6.04. The van der Waals surface area contributed by atoms with Crippen LogP contribution in [0.4, 0.5) is 4.39 Å². The molecule has 0 amide bonds. The van der Waals surface area contributed by atoms with Crippen LogP contribution in [-0.4, -0.2) is 11.8 Å². The molecule has 2 N–H and O–H groups in total. The lowest BCUT2D eigenvalue weighted by Crippen LogP contribution is -2.22. The summed E-state index contributed by atoms with van der Waals surface area (Å²) in [4.78, 5) is 1.09. The van der Waals surface area contributed by atoms with E-state index in [9.17, 15) is 4.39 Å². The standard InChI is InChI=1S/C14H22FNS/c1-11(2)4-3-5-13(16)10-17-14-8-6-12(15)7-9-14/h6-9,11,13H,3-5,10,16H2,1-2H3. The summed E-state index contributed by atoms with van der Waals surface area (Å²) < 4.78 is 12.7. The highest BCUT2D eigenvalue weighted by molar-refractivity contribution is 7.99. The van der Waals surface area contributed by atoms with Gasteiger partial charge in [-0.2, -0.15) is 0 Å². The third kappa shape index (κ3) is 6.69. The van der Waals surface area contributed by atoms with Crippen molar-refractivity contribution in [2.24, 2.45) is 11.7 Å². The van der Waals surface area contributed by atoms with E-state index in [2.05, 4.69) is 13.8 Å². The van der Waals surface area contributed by atoms with Crippen LogP contribution in [0.3, 0.4) is 0 Å². The molecule has 0 aliphatic heterocycles. The first kappa shape index (κ1) is 14.5. The second-order valence-electron chi connectivity index (χ2n) is 4.85. The van der Waals surface area contributed by atoms with E-state index in [1.165, 1.54) is 25.0 Å². The Morgan fingerprint density at radius 1 is 1.18 bits per heavy atom. The van der Waals surface area contributed by atoms with Gasteiger partial charge in [-0.25, -0.2) is 4.39 Å². The largest absolute Gasteiger partial charge is 0.327 e. The zero-order valence-electron chi connectivity index (χ0n) is 10.7. The molecule has 17 heavy (non-hydrogen) atoms. The molecular weight excluding hydrogens is 233 g/mol. The lowest BCUT2D eigenvalue weighted by molar-refractivity contribution is 0.513. The monoisotopic (exact) mass is 255 g/mol. The smallest absolute Gasteiger partial charge is 0.123 e. The SMILES string of the molecule is CC(C)CCCC(N)CSc1ccc(F)cc1. The van der Waals surface area contributed by atoms with Crippen molar-refractivity contribution in [1.29, 1.82) is 0 Å². The Hall–Kier alpha value is -0.540. The fourth-order valence-corrected chi connectivity index (χ4v) is 2.51. The van der Waals surface area contributed by atoms with Gasteiger partial charge in [0.25, 0.3) is 0 Å². The van der Waals surface area contributed by atoms with Crippen molar-refractivity contribution >= 4 is 11.8 Å². The Morgan fingerprint density at radius 2 is 1.82 bits per heavy atom. The van der Waals surface area contributed by atoms with E-state index >= 15 is 0 Å². The van der Waals surface area contributed by atoms with Gasteiger partial charge in [0.2, 0.25) is 0 Å². The van der Waals surface area contributed by atoms with E-state index in [1.54, 1.807) is 23.9 Å². The molecule has 0 saturated carbocycles. The van der Waals surface area contributed by atoms with Crippen LogP contribution in [0.25, 0.3) is 0 Å². The minimum absolute atomic E-state index is 0.185. The molecule has 0 aromatic heterocycles. The van der Waals surface area contributed by atoms with Crippen LogP contribution in [0.15, 0.2) is 29.2 Å². The molecule has 0 fully saturated rings. The third-order valence-corrected chi connectivity index (χ3v) is 3.83. The summed E-state index contributed by atoms with van der Waals surface area (Å²) >= 11 is 1.70. The van der Waals surface area contributed by atoms with E-state index in [1.807, 2.05) is 0 Å². The maximum absolute atomic E-state index is 12.7. The molecule has 1 nitrogen and oxygen atoms in total. The highest BCUT2D eigenvalue weighted by Crippen LogP contribution is 2.20. The number of hydrogen-bond acceptors (Lipinski definition) is 2. The Kier molecular flexibility index (Phi) is 6.60. The van der Waals surface area contributed by atoms with Gasteiger partial charge in [0.15, 0.2) is 0 Å². The van der Waals surface area contributed by atoms with Crippen molar-refractivity contribution in [3.8, 4) is 0 Å². The van der Waals surface area contributed by atoms with E-state index in [0.717, 1.165) is 23.0 Å². The van der Waals surface area contributed by atoms with Gasteiger partial charge in [-0.3, -0.25) is 0 Å². The van der Waals surface area contributed by atoms with E-state index in [-0.39, 0.29) is 11.9 Å². The summed E-state index contributed by atoms with van der Waals surface area (Å²) in [6.07, 6.45) is 3.52. The average Bonchev–Trinajstić information content (AvgIpc) is 2.28. The fraction of sp³-hybridized carbons (Fsp3) is 0.571. The van der Waals surface area contributed by atoms with Crippen LogP contribution in [0.2, 0.25) is 0 Å². The highest BCUT2D eigenvalue weighted by Gasteiger charge is 2.04. The topological polar surface area (TPSA) is 26.0 Å². The summed E-state index contributed by atoms with van der Waals surface area (Å²) in [7, 11) is 0. The first-order chi connectivity index (χ1) is 8.08. The summed E-state index contributed by atoms with van der Waals surface area (Å²) in [5, 5.41) is 0. The Labute approximate surface area is 108 Å². The van der Waals surface area contributed by atoms with Crippen LogP contribution in [0, 0.1) is 11.7 Å². The number of halogens is 1. The zero-order chi connectivity index (χ0) is 12.7. The second kappa shape index (κ2) is 7.72. The van der Waals surface area contributed by atoms with Crippen molar-refractivity contribution in [3.05, 3.63) is 30.1 Å². The molecule has 1 atom stereocenters. The molecule has 0 aliphatic rings. The molecule has 0 radical (unpaired) electrons. The van der Waals surface area contributed by atoms with Gasteiger partial charge in [0.1, 0.15) is 5.82 Å². The van der Waals surface area contributed by atoms with E-state index in [4.69, 9.17) is 5.73 Å². The number of nitrogens with two attached hydrogens (primary N) is 1. The molecule has 3 heteroatoms. The summed E-state index contributed by atoms with van der Waals surface area (Å²) in [5.74, 6) is 1.48. The lowest BCUT2D eigenvalue weighted by atomic mass is 10.0. The zero-order valence-corrected chi connectivity index (χ0v) is 11.5. The maximum atomic E-state index is 12.7. The first-order valence-electron chi connectivity index (χ1n) is 6.22. The number of benzene rings is 1. The van der Waals surface area contributed by atoms with E-state index < -0.39 is 0 Å². The summed E-state index contributed by atoms with van der Waals surface area (Å²) in [6, 6.07) is 6.84. The van der Waals surface area contributed by atoms with Crippen molar-refractivity contribution in [3.63, 3.8) is 0 Å². The Morgan fingerprint density at radius 3 is 2.41 bits per heavy atom. The molecule has 0 bridgehead atoms. The fourth-order valence-electron chi connectivity index (χ4n) is 1.61. The molecule has 1 aromatic rings. The van der Waals surface area contributed by atoms with Gasteiger partial charge in [-0.05, 0) is 36.6 Å². The van der Waals surface area contributed by atoms with Gasteiger partial charge in [-0.15, -0.1) is 11.8 Å². The van der Waals surface area contributed by atoms with Crippen molar-refractivity contribution in [1.82, 2.24) is 0 Å². The molecular formula is C14H22FNS. The third-order valence-electron chi connectivity index (χ3n) is 2.63. The van der Waals surface area contributed by atoms with Gasteiger partial charge in [-0.1, -0.05) is 26.7 Å². The second-order valence-corrected chi connectivity index (χ2v) is 5.94. The van der Waals surface area contributed by atoms with Crippen LogP contribution in [-0.2, 0) is 0 Å². The Balaban J connectivity index is 2.19. The molecule has 0 aliphatic carbocycles. The summed E-state index contributed by atoms with van der Waals surface area (Å²) in [6.45, 7) is 4.47. The van der Waals surface area contributed by atoms with Gasteiger partial charge < -0.3 is 5.73 Å². The quantitative estimate of drug-likeness (QED) is 0.743. The molecule has 0 spiro atoms. The van der Waals surface area contributed by atoms with Crippen molar-refractivity contribution in [2.75, 3.05) is 5.75 Å².